The highest BCUT2D eigenvalue weighted by Gasteiger charge is 2.30. The van der Waals surface area contributed by atoms with Crippen LogP contribution in [-0.4, -0.2) is 47.9 Å². The smallest absolute Gasteiger partial charge is 0.407 e. The van der Waals surface area contributed by atoms with Crippen LogP contribution < -0.4 is 15.0 Å². The summed E-state index contributed by atoms with van der Waals surface area (Å²) in [5.41, 5.74) is 1.12. The van der Waals surface area contributed by atoms with Crippen LogP contribution in [0, 0.1) is 0 Å². The van der Waals surface area contributed by atoms with Crippen molar-refractivity contribution in [1.82, 2.24) is 15.3 Å². The molecule has 0 bridgehead atoms. The zero-order valence-electron chi connectivity index (χ0n) is 15.8. The third-order valence-corrected chi connectivity index (χ3v) is 4.24. The normalized spacial score (nSPS) is 17.4. The van der Waals surface area contributed by atoms with E-state index in [0.29, 0.717) is 12.4 Å². The lowest BCUT2D eigenvalue weighted by Gasteiger charge is -2.27. The largest absolute Gasteiger partial charge is 0.478 e. The van der Waals surface area contributed by atoms with Gasteiger partial charge >= 0.3 is 6.09 Å². The summed E-state index contributed by atoms with van der Waals surface area (Å²) in [6, 6.07) is 7.86. The molecule has 0 spiro atoms. The van der Waals surface area contributed by atoms with Crippen LogP contribution in [0.3, 0.4) is 0 Å². The second-order valence-corrected chi connectivity index (χ2v) is 7.42. The van der Waals surface area contributed by atoms with E-state index in [4.69, 9.17) is 14.5 Å². The lowest BCUT2D eigenvalue weighted by Crippen LogP contribution is -2.42. The van der Waals surface area contributed by atoms with E-state index in [1.165, 1.54) is 0 Å². The molecule has 1 amide bonds. The van der Waals surface area contributed by atoms with Crippen LogP contribution >= 0.6 is 0 Å². The highest BCUT2D eigenvalue weighted by atomic mass is 16.6. The molecule has 1 fully saturated rings. The van der Waals surface area contributed by atoms with Crippen molar-refractivity contribution in [3.8, 4) is 5.88 Å². The summed E-state index contributed by atoms with van der Waals surface area (Å²) in [7, 11) is 1.60. The minimum Gasteiger partial charge on any atom is -0.478 e. The number of carbonyl (C=O) groups excluding carboxylic acids is 1. The van der Waals surface area contributed by atoms with E-state index in [0.717, 1.165) is 36.2 Å². The average molecular weight is 358 g/mol. The Morgan fingerprint density at radius 2 is 1.96 bits per heavy atom. The number of fused-ring (bicyclic) bond motifs is 1. The molecule has 1 N–H and O–H groups in total. The minimum atomic E-state index is -0.507. The number of amides is 1. The Balaban J connectivity index is 1.77. The first kappa shape index (κ1) is 18.2. The van der Waals surface area contributed by atoms with Crippen molar-refractivity contribution < 1.29 is 14.3 Å². The van der Waals surface area contributed by atoms with Gasteiger partial charge in [-0.1, -0.05) is 12.1 Å². The summed E-state index contributed by atoms with van der Waals surface area (Å²) >= 11 is 0. The molecule has 0 saturated carbocycles. The quantitative estimate of drug-likeness (QED) is 0.905. The standard InChI is InChI=1S/C19H26N4O3/c1-19(2,3)26-18(24)20-12-13-8-7-11-23(13)16-17(25-4)22-15-10-6-5-9-14(15)21-16/h5-6,9-10,13H,7-8,11-12H2,1-4H3,(H,20,24)/t13-/m1/s1. The summed E-state index contributed by atoms with van der Waals surface area (Å²) in [5.74, 6) is 1.23. The Kier molecular flexibility index (Phi) is 5.15. The van der Waals surface area contributed by atoms with Gasteiger partial charge in [-0.2, -0.15) is 0 Å². The highest BCUT2D eigenvalue weighted by molar-refractivity contribution is 5.77. The molecule has 1 saturated heterocycles. The van der Waals surface area contributed by atoms with Gasteiger partial charge < -0.3 is 19.7 Å². The molecule has 2 aromatic rings. The van der Waals surface area contributed by atoms with E-state index in [2.05, 4.69) is 15.2 Å². The Morgan fingerprint density at radius 3 is 2.62 bits per heavy atom. The SMILES string of the molecule is COc1nc2ccccc2nc1N1CCC[C@@H]1CNC(=O)OC(C)(C)C. The fraction of sp³-hybridized carbons (Fsp3) is 0.526. The Labute approximate surface area is 153 Å². The van der Waals surface area contributed by atoms with Gasteiger partial charge in [0.1, 0.15) is 5.60 Å². The molecule has 2 heterocycles. The zero-order chi connectivity index (χ0) is 18.7. The second kappa shape index (κ2) is 7.35. The van der Waals surface area contributed by atoms with E-state index >= 15 is 0 Å². The van der Waals surface area contributed by atoms with Crippen LogP contribution in [0.25, 0.3) is 11.0 Å². The van der Waals surface area contributed by atoms with Crippen molar-refractivity contribution in [3.05, 3.63) is 24.3 Å². The molecule has 1 aliphatic rings. The molecular weight excluding hydrogens is 332 g/mol. The number of para-hydroxylation sites is 2. The van der Waals surface area contributed by atoms with Crippen LogP contribution in [0.5, 0.6) is 5.88 Å². The number of carbonyl (C=O) groups is 1. The summed E-state index contributed by atoms with van der Waals surface area (Å²) in [6.07, 6.45) is 1.59. The molecule has 1 aromatic carbocycles. The molecule has 0 aliphatic carbocycles. The van der Waals surface area contributed by atoms with E-state index in [1.807, 2.05) is 45.0 Å². The van der Waals surface area contributed by atoms with E-state index in [9.17, 15) is 4.79 Å². The lowest BCUT2D eigenvalue weighted by molar-refractivity contribution is 0.0525. The summed E-state index contributed by atoms with van der Waals surface area (Å²) in [5, 5.41) is 2.86. The molecule has 7 nitrogen and oxygen atoms in total. The van der Waals surface area contributed by atoms with E-state index in [1.54, 1.807) is 7.11 Å². The van der Waals surface area contributed by atoms with Gasteiger partial charge in [-0.05, 0) is 45.7 Å². The Hall–Kier alpha value is -2.57. The monoisotopic (exact) mass is 358 g/mol. The maximum Gasteiger partial charge on any atom is 0.407 e. The summed E-state index contributed by atoms with van der Waals surface area (Å²) in [4.78, 5) is 23.5. The fourth-order valence-corrected chi connectivity index (χ4v) is 3.14. The number of alkyl carbamates (subject to hydrolysis) is 1. The number of methoxy groups -OCH3 is 1. The van der Waals surface area contributed by atoms with Crippen molar-refractivity contribution in [1.29, 1.82) is 0 Å². The Morgan fingerprint density at radius 1 is 1.27 bits per heavy atom. The van der Waals surface area contributed by atoms with Gasteiger partial charge in [0.25, 0.3) is 5.88 Å². The number of hydrogen-bond donors (Lipinski definition) is 1. The van der Waals surface area contributed by atoms with Crippen LogP contribution in [0.1, 0.15) is 33.6 Å². The molecular formula is C19H26N4O3. The maximum absolute atomic E-state index is 12.0. The zero-order valence-corrected chi connectivity index (χ0v) is 15.8. The fourth-order valence-electron chi connectivity index (χ4n) is 3.14. The third kappa shape index (κ3) is 4.15. The minimum absolute atomic E-state index is 0.131. The maximum atomic E-state index is 12.0. The number of anilines is 1. The molecule has 26 heavy (non-hydrogen) atoms. The number of rotatable bonds is 4. The topological polar surface area (TPSA) is 76.6 Å². The second-order valence-electron chi connectivity index (χ2n) is 7.42. The van der Waals surface area contributed by atoms with Crippen LogP contribution in [0.15, 0.2) is 24.3 Å². The summed E-state index contributed by atoms with van der Waals surface area (Å²) in [6.45, 7) is 6.90. The molecule has 3 rings (SSSR count). The van der Waals surface area contributed by atoms with Crippen molar-refractivity contribution in [2.75, 3.05) is 25.1 Å². The molecule has 1 aliphatic heterocycles. The van der Waals surface area contributed by atoms with Crippen molar-refractivity contribution >= 4 is 22.9 Å². The van der Waals surface area contributed by atoms with E-state index < -0.39 is 11.7 Å². The van der Waals surface area contributed by atoms with Crippen molar-refractivity contribution in [2.24, 2.45) is 0 Å². The molecule has 0 unspecified atom stereocenters. The third-order valence-electron chi connectivity index (χ3n) is 4.24. The van der Waals surface area contributed by atoms with Gasteiger partial charge in [-0.15, -0.1) is 0 Å². The predicted molar refractivity (Wildman–Crippen MR) is 101 cm³/mol. The number of ether oxygens (including phenoxy) is 2. The first-order valence-corrected chi connectivity index (χ1v) is 8.91. The number of nitrogens with one attached hydrogen (secondary N) is 1. The highest BCUT2D eigenvalue weighted by Crippen LogP contribution is 2.32. The van der Waals surface area contributed by atoms with Crippen molar-refractivity contribution in [2.45, 2.75) is 45.3 Å². The number of hydrogen-bond acceptors (Lipinski definition) is 6. The number of benzene rings is 1. The average Bonchev–Trinajstić information content (AvgIpc) is 3.05. The molecule has 7 heteroatoms. The van der Waals surface area contributed by atoms with Gasteiger partial charge in [-0.25, -0.2) is 14.8 Å². The van der Waals surface area contributed by atoms with Gasteiger partial charge in [0.2, 0.25) is 0 Å². The molecule has 0 radical (unpaired) electrons. The number of nitrogens with zero attached hydrogens (tertiary/aromatic N) is 3. The lowest BCUT2D eigenvalue weighted by atomic mass is 10.2. The van der Waals surface area contributed by atoms with Gasteiger partial charge in [-0.3, -0.25) is 0 Å². The summed E-state index contributed by atoms with van der Waals surface area (Å²) < 4.78 is 10.8. The van der Waals surface area contributed by atoms with E-state index in [-0.39, 0.29) is 6.04 Å². The first-order chi connectivity index (χ1) is 12.4. The van der Waals surface area contributed by atoms with Crippen LogP contribution in [0.4, 0.5) is 10.6 Å². The molecule has 1 aromatic heterocycles. The number of aromatic nitrogens is 2. The van der Waals surface area contributed by atoms with Gasteiger partial charge in [0.15, 0.2) is 5.82 Å². The molecule has 1 atom stereocenters. The van der Waals surface area contributed by atoms with Crippen molar-refractivity contribution in [3.63, 3.8) is 0 Å². The first-order valence-electron chi connectivity index (χ1n) is 8.91. The molecule has 140 valence electrons. The van der Waals surface area contributed by atoms with Gasteiger partial charge in [0, 0.05) is 19.1 Å². The van der Waals surface area contributed by atoms with Gasteiger partial charge in [0.05, 0.1) is 18.1 Å². The van der Waals surface area contributed by atoms with Crippen LogP contribution in [-0.2, 0) is 4.74 Å². The Bertz CT molecular complexity index is 788. The predicted octanol–water partition coefficient (Wildman–Crippen LogP) is 3.13. The van der Waals surface area contributed by atoms with Crippen LogP contribution in [0.2, 0.25) is 0 Å².